The van der Waals surface area contributed by atoms with Crippen molar-refractivity contribution in [1.82, 2.24) is 9.80 Å². The Balaban J connectivity index is 1.99. The van der Waals surface area contributed by atoms with Crippen LogP contribution >= 0.6 is 0 Å². The monoisotopic (exact) mass is 214 g/mol. The lowest BCUT2D eigenvalue weighted by atomic mass is 10.1. The molecular formula is C12H26N2O. The number of rotatable bonds is 6. The van der Waals surface area contributed by atoms with E-state index < -0.39 is 0 Å². The molecule has 0 spiro atoms. The van der Waals surface area contributed by atoms with E-state index in [1.807, 2.05) is 0 Å². The quantitative estimate of drug-likeness (QED) is 0.622. The van der Waals surface area contributed by atoms with Crippen LogP contribution in [0.2, 0.25) is 0 Å². The van der Waals surface area contributed by atoms with Crippen molar-refractivity contribution in [1.29, 1.82) is 0 Å². The molecule has 0 aliphatic carbocycles. The number of nitrogens with zero attached hydrogens (tertiary/aromatic N) is 2. The molecule has 1 saturated heterocycles. The molecule has 0 aromatic rings. The summed E-state index contributed by atoms with van der Waals surface area (Å²) in [5.41, 5.74) is 0. The van der Waals surface area contributed by atoms with Gasteiger partial charge in [0, 0.05) is 19.7 Å². The van der Waals surface area contributed by atoms with Crippen LogP contribution in [0.4, 0.5) is 0 Å². The Bertz CT molecular complexity index is 154. The van der Waals surface area contributed by atoms with E-state index in [-0.39, 0.29) is 0 Å². The highest BCUT2D eigenvalue weighted by molar-refractivity contribution is 4.71. The average Bonchev–Trinajstić information content (AvgIpc) is 2.25. The lowest BCUT2D eigenvalue weighted by Gasteiger charge is -2.31. The van der Waals surface area contributed by atoms with E-state index >= 15 is 0 Å². The Hall–Kier alpha value is -0.120. The molecule has 3 heteroatoms. The summed E-state index contributed by atoms with van der Waals surface area (Å²) in [4.78, 5) is 4.71. The van der Waals surface area contributed by atoms with Crippen LogP contribution in [-0.4, -0.2) is 62.8 Å². The lowest BCUT2D eigenvalue weighted by molar-refractivity contribution is 0.00598. The second-order valence-electron chi connectivity index (χ2n) is 4.66. The Kier molecular flexibility index (Phi) is 6.22. The fourth-order valence-electron chi connectivity index (χ4n) is 2.02. The maximum Gasteiger partial charge on any atom is 0.0599 e. The molecule has 0 aromatic carbocycles. The minimum absolute atomic E-state index is 0.523. The van der Waals surface area contributed by atoms with E-state index in [9.17, 15) is 0 Å². The molecule has 0 aromatic heterocycles. The molecule has 1 rings (SSSR count). The van der Waals surface area contributed by atoms with Gasteiger partial charge in [0.15, 0.2) is 0 Å². The average molecular weight is 214 g/mol. The Morgan fingerprint density at radius 2 is 1.93 bits per heavy atom. The van der Waals surface area contributed by atoms with Gasteiger partial charge in [-0.3, -0.25) is 0 Å². The number of likely N-dealkylation sites (tertiary alicyclic amines) is 1. The third-order valence-corrected chi connectivity index (χ3v) is 3.09. The molecule has 1 heterocycles. The van der Waals surface area contributed by atoms with E-state index in [2.05, 4.69) is 30.8 Å². The van der Waals surface area contributed by atoms with Crippen LogP contribution in [0, 0.1) is 0 Å². The Morgan fingerprint density at radius 1 is 1.27 bits per heavy atom. The zero-order valence-corrected chi connectivity index (χ0v) is 10.5. The summed E-state index contributed by atoms with van der Waals surface area (Å²) < 4.78 is 5.87. The van der Waals surface area contributed by atoms with Crippen molar-refractivity contribution in [3.63, 3.8) is 0 Å². The van der Waals surface area contributed by atoms with Crippen molar-refractivity contribution in [3.05, 3.63) is 0 Å². The third kappa shape index (κ3) is 5.50. The summed E-state index contributed by atoms with van der Waals surface area (Å²) >= 11 is 0. The standard InChI is InChI=1S/C12H26N2O/c1-4-14-9-6-12(7-10-14)15-11-5-8-13(2)3/h12H,4-11H2,1-3H3. The lowest BCUT2D eigenvalue weighted by Crippen LogP contribution is -2.37. The Morgan fingerprint density at radius 3 is 2.47 bits per heavy atom. The molecule has 15 heavy (non-hydrogen) atoms. The topological polar surface area (TPSA) is 15.7 Å². The van der Waals surface area contributed by atoms with Crippen molar-refractivity contribution in [2.24, 2.45) is 0 Å². The van der Waals surface area contributed by atoms with E-state index in [1.54, 1.807) is 0 Å². The predicted octanol–water partition coefficient (Wildman–Crippen LogP) is 1.44. The first-order valence-corrected chi connectivity index (χ1v) is 6.21. The summed E-state index contributed by atoms with van der Waals surface area (Å²) in [6.07, 6.45) is 4.11. The van der Waals surface area contributed by atoms with Crippen LogP contribution in [0.3, 0.4) is 0 Å². The largest absolute Gasteiger partial charge is 0.378 e. The van der Waals surface area contributed by atoms with Gasteiger partial charge >= 0.3 is 0 Å². The third-order valence-electron chi connectivity index (χ3n) is 3.09. The molecule has 3 nitrogen and oxygen atoms in total. The minimum atomic E-state index is 0.523. The molecule has 0 saturated carbocycles. The van der Waals surface area contributed by atoms with Crippen LogP contribution in [-0.2, 0) is 4.74 Å². The van der Waals surface area contributed by atoms with Crippen molar-refractivity contribution in [3.8, 4) is 0 Å². The number of hydrogen-bond acceptors (Lipinski definition) is 3. The van der Waals surface area contributed by atoms with Gasteiger partial charge in [0.05, 0.1) is 6.10 Å². The van der Waals surface area contributed by atoms with Crippen molar-refractivity contribution >= 4 is 0 Å². The maximum atomic E-state index is 5.87. The van der Waals surface area contributed by atoms with Gasteiger partial charge in [0.2, 0.25) is 0 Å². The zero-order valence-electron chi connectivity index (χ0n) is 10.5. The molecule has 90 valence electrons. The van der Waals surface area contributed by atoms with E-state index in [0.717, 1.165) is 19.6 Å². The van der Waals surface area contributed by atoms with Gasteiger partial charge < -0.3 is 14.5 Å². The molecule has 0 bridgehead atoms. The maximum absolute atomic E-state index is 5.87. The zero-order chi connectivity index (χ0) is 11.1. The number of piperidine rings is 1. The molecular weight excluding hydrogens is 188 g/mol. The normalized spacial score (nSPS) is 20.0. The van der Waals surface area contributed by atoms with E-state index in [0.29, 0.717) is 6.10 Å². The molecule has 0 atom stereocenters. The van der Waals surface area contributed by atoms with Gasteiger partial charge in [-0.1, -0.05) is 6.92 Å². The summed E-state index contributed by atoms with van der Waals surface area (Å²) in [6, 6.07) is 0. The van der Waals surface area contributed by atoms with Gasteiger partial charge in [-0.2, -0.15) is 0 Å². The van der Waals surface area contributed by atoms with Crippen LogP contribution in [0.1, 0.15) is 26.2 Å². The van der Waals surface area contributed by atoms with Gasteiger partial charge in [-0.05, 0) is 46.4 Å². The van der Waals surface area contributed by atoms with Gasteiger partial charge in [0.25, 0.3) is 0 Å². The number of hydrogen-bond donors (Lipinski definition) is 0. The van der Waals surface area contributed by atoms with Crippen LogP contribution in [0.25, 0.3) is 0 Å². The first kappa shape index (κ1) is 12.9. The van der Waals surface area contributed by atoms with Gasteiger partial charge in [0.1, 0.15) is 0 Å². The molecule has 1 aliphatic heterocycles. The summed E-state index contributed by atoms with van der Waals surface area (Å²) in [7, 11) is 4.22. The second kappa shape index (κ2) is 7.20. The first-order valence-electron chi connectivity index (χ1n) is 6.21. The summed E-state index contributed by atoms with van der Waals surface area (Å²) in [5, 5.41) is 0. The second-order valence-corrected chi connectivity index (χ2v) is 4.66. The highest BCUT2D eigenvalue weighted by Gasteiger charge is 2.17. The SMILES string of the molecule is CCN1CCC(OCCCN(C)C)CC1. The predicted molar refractivity (Wildman–Crippen MR) is 64.3 cm³/mol. The van der Waals surface area contributed by atoms with Crippen LogP contribution < -0.4 is 0 Å². The van der Waals surface area contributed by atoms with Gasteiger partial charge in [-0.25, -0.2) is 0 Å². The summed E-state index contributed by atoms with van der Waals surface area (Å²) in [6.45, 7) is 7.91. The highest BCUT2D eigenvalue weighted by atomic mass is 16.5. The van der Waals surface area contributed by atoms with E-state index in [4.69, 9.17) is 4.74 Å². The fraction of sp³-hybridized carbons (Fsp3) is 1.00. The van der Waals surface area contributed by atoms with Crippen molar-refractivity contribution < 1.29 is 4.74 Å². The van der Waals surface area contributed by atoms with Crippen molar-refractivity contribution in [2.75, 3.05) is 46.9 Å². The van der Waals surface area contributed by atoms with Gasteiger partial charge in [-0.15, -0.1) is 0 Å². The molecule has 0 radical (unpaired) electrons. The fourth-order valence-corrected chi connectivity index (χ4v) is 2.02. The molecule has 1 fully saturated rings. The van der Waals surface area contributed by atoms with E-state index in [1.165, 1.54) is 32.5 Å². The van der Waals surface area contributed by atoms with Crippen LogP contribution in [0.15, 0.2) is 0 Å². The molecule has 1 aliphatic rings. The summed E-state index contributed by atoms with van der Waals surface area (Å²) in [5.74, 6) is 0. The highest BCUT2D eigenvalue weighted by Crippen LogP contribution is 2.13. The van der Waals surface area contributed by atoms with Crippen LogP contribution in [0.5, 0.6) is 0 Å². The Labute approximate surface area is 94.4 Å². The molecule has 0 amide bonds. The van der Waals surface area contributed by atoms with Crippen molar-refractivity contribution in [2.45, 2.75) is 32.3 Å². The first-order chi connectivity index (χ1) is 7.22. The molecule has 0 unspecified atom stereocenters. The molecule has 0 N–H and O–H groups in total. The minimum Gasteiger partial charge on any atom is -0.378 e. The number of ether oxygens (including phenoxy) is 1. The smallest absolute Gasteiger partial charge is 0.0599 e.